The van der Waals surface area contributed by atoms with Gasteiger partial charge in [0.05, 0.1) is 10.9 Å². The van der Waals surface area contributed by atoms with Crippen LogP contribution in [0.5, 0.6) is 0 Å². The van der Waals surface area contributed by atoms with E-state index < -0.39 is 16.1 Å². The summed E-state index contributed by atoms with van der Waals surface area (Å²) in [6, 6.07) is 32.3. The first-order valence-corrected chi connectivity index (χ1v) is 14.1. The largest absolute Gasteiger partial charge is 0.337 e. The number of halogens is 1. The molecule has 37 heavy (non-hydrogen) atoms. The summed E-state index contributed by atoms with van der Waals surface area (Å²) in [6.45, 7) is 1.90. The minimum Gasteiger partial charge on any atom is -0.337 e. The van der Waals surface area contributed by atoms with Crippen LogP contribution in [-0.4, -0.2) is 31.0 Å². The minimum absolute atomic E-state index is 0.0742. The van der Waals surface area contributed by atoms with E-state index >= 15 is 0 Å². The molecule has 4 aromatic rings. The van der Waals surface area contributed by atoms with Crippen molar-refractivity contribution in [1.29, 1.82) is 0 Å². The van der Waals surface area contributed by atoms with Crippen molar-refractivity contribution in [2.75, 3.05) is 0 Å². The second-order valence-corrected chi connectivity index (χ2v) is 11.6. The van der Waals surface area contributed by atoms with E-state index in [-0.39, 0.29) is 23.1 Å². The fourth-order valence-electron chi connectivity index (χ4n) is 4.45. The van der Waals surface area contributed by atoms with Gasteiger partial charge in [0.25, 0.3) is 10.0 Å². The molecule has 2 atom stereocenters. The number of hydrogen-bond donors (Lipinski definition) is 0. The molecule has 0 bridgehead atoms. The maximum atomic E-state index is 13.7. The molecule has 7 heteroatoms. The third-order valence-corrected chi connectivity index (χ3v) is 8.24. The molecule has 0 saturated carbocycles. The van der Waals surface area contributed by atoms with Gasteiger partial charge in [0.2, 0.25) is 0 Å². The summed E-state index contributed by atoms with van der Waals surface area (Å²) in [5, 5.41) is 0. The Labute approximate surface area is 225 Å². The summed E-state index contributed by atoms with van der Waals surface area (Å²) >= 11 is 3.42. The molecule has 0 aromatic heterocycles. The van der Waals surface area contributed by atoms with Crippen molar-refractivity contribution in [2.45, 2.75) is 30.3 Å². The fourth-order valence-corrected chi connectivity index (χ4v) is 5.74. The molecular formula is C30H25BrN2O3S. The van der Waals surface area contributed by atoms with Gasteiger partial charge in [-0.25, -0.2) is 0 Å². The third kappa shape index (κ3) is 5.58. The summed E-state index contributed by atoms with van der Waals surface area (Å²) in [6.07, 6.45) is 0.277. The molecule has 186 valence electrons. The van der Waals surface area contributed by atoms with Crippen molar-refractivity contribution in [3.8, 4) is 0 Å². The van der Waals surface area contributed by atoms with Crippen LogP contribution in [0.3, 0.4) is 0 Å². The second kappa shape index (κ2) is 10.4. The number of nitrogens with zero attached hydrogens (tertiary/aromatic N) is 2. The summed E-state index contributed by atoms with van der Waals surface area (Å²) in [5.74, 6) is 0.269. The minimum atomic E-state index is -4.00. The van der Waals surface area contributed by atoms with E-state index in [1.165, 1.54) is 0 Å². The summed E-state index contributed by atoms with van der Waals surface area (Å²) in [5.41, 5.74) is 3.38. The van der Waals surface area contributed by atoms with E-state index in [2.05, 4.69) is 20.3 Å². The molecule has 0 radical (unpaired) electrons. The number of aryl methyl sites for hydroxylation is 1. The second-order valence-electron chi connectivity index (χ2n) is 9.04. The molecule has 0 aliphatic carbocycles. The molecule has 1 fully saturated rings. The van der Waals surface area contributed by atoms with Gasteiger partial charge in [-0.15, -0.1) is 4.40 Å². The molecule has 5 nitrogen and oxygen atoms in total. The molecule has 0 N–H and O–H groups in total. The zero-order chi connectivity index (χ0) is 26.0. The number of carbonyl (C=O) groups is 1. The van der Waals surface area contributed by atoms with E-state index in [4.69, 9.17) is 0 Å². The topological polar surface area (TPSA) is 66.6 Å². The number of Topliss-reactive ketones (excluding diaryl/α,β-unsaturated/α-hetero) is 1. The molecule has 5 rings (SSSR count). The lowest BCUT2D eigenvalue weighted by Crippen LogP contribution is -2.22. The van der Waals surface area contributed by atoms with Gasteiger partial charge in [0, 0.05) is 16.5 Å². The number of sulfonamides is 1. The zero-order valence-corrected chi connectivity index (χ0v) is 22.6. The Morgan fingerprint density at radius 3 is 2.05 bits per heavy atom. The SMILES string of the molecule is Cc1ccc(S(=O)(=O)/N=C(\Cc2ccccc2)N2[C@H](C(=O)c3ccc(Br)cc3)[C@H]2c2ccccc2)cc1. The van der Waals surface area contributed by atoms with Crippen LogP contribution < -0.4 is 0 Å². The molecular weight excluding hydrogens is 548 g/mol. The highest BCUT2D eigenvalue weighted by molar-refractivity contribution is 9.10. The van der Waals surface area contributed by atoms with Crippen molar-refractivity contribution >= 4 is 37.6 Å². The lowest BCUT2D eigenvalue weighted by Gasteiger charge is -2.12. The molecule has 1 aliphatic heterocycles. The molecule has 0 spiro atoms. The van der Waals surface area contributed by atoms with Gasteiger partial charge in [0.1, 0.15) is 11.9 Å². The lowest BCUT2D eigenvalue weighted by molar-refractivity contribution is 0.0980. The van der Waals surface area contributed by atoms with Crippen LogP contribution in [0.25, 0.3) is 0 Å². The highest BCUT2D eigenvalue weighted by atomic mass is 79.9. The van der Waals surface area contributed by atoms with E-state index in [0.29, 0.717) is 11.4 Å². The predicted octanol–water partition coefficient (Wildman–Crippen LogP) is 6.40. The molecule has 1 heterocycles. The Balaban J connectivity index is 1.59. The van der Waals surface area contributed by atoms with Crippen molar-refractivity contribution in [3.63, 3.8) is 0 Å². The van der Waals surface area contributed by atoms with Gasteiger partial charge < -0.3 is 4.90 Å². The molecule has 1 saturated heterocycles. The Morgan fingerprint density at radius 2 is 1.43 bits per heavy atom. The van der Waals surface area contributed by atoms with Crippen molar-refractivity contribution in [2.24, 2.45) is 4.40 Å². The maximum Gasteiger partial charge on any atom is 0.283 e. The summed E-state index contributed by atoms with van der Waals surface area (Å²) in [4.78, 5) is 15.6. The first kappa shape index (κ1) is 25.1. The van der Waals surface area contributed by atoms with Gasteiger partial charge in [-0.05, 0) is 42.3 Å². The number of benzene rings is 4. The average molecular weight is 574 g/mol. The van der Waals surface area contributed by atoms with Crippen LogP contribution in [0.2, 0.25) is 0 Å². The normalized spacial score (nSPS) is 17.5. The van der Waals surface area contributed by atoms with Crippen LogP contribution in [0.15, 0.2) is 123 Å². The molecule has 1 aliphatic rings. The van der Waals surface area contributed by atoms with E-state index in [1.807, 2.05) is 84.6 Å². The average Bonchev–Trinajstić information content (AvgIpc) is 3.65. The Morgan fingerprint density at radius 1 is 0.838 bits per heavy atom. The first-order chi connectivity index (χ1) is 17.8. The van der Waals surface area contributed by atoms with Crippen LogP contribution in [0.1, 0.15) is 33.1 Å². The smallest absolute Gasteiger partial charge is 0.283 e. The molecule has 4 aromatic carbocycles. The number of ketones is 1. The van der Waals surface area contributed by atoms with E-state index in [9.17, 15) is 13.2 Å². The number of carbonyl (C=O) groups excluding carboxylic acids is 1. The van der Waals surface area contributed by atoms with Crippen LogP contribution in [0, 0.1) is 6.92 Å². The lowest BCUT2D eigenvalue weighted by atomic mass is 10.0. The van der Waals surface area contributed by atoms with Gasteiger partial charge in [-0.3, -0.25) is 4.79 Å². The zero-order valence-electron chi connectivity index (χ0n) is 20.2. The van der Waals surface area contributed by atoms with Gasteiger partial charge >= 0.3 is 0 Å². The number of amidine groups is 1. The van der Waals surface area contributed by atoms with Crippen LogP contribution >= 0.6 is 15.9 Å². The summed E-state index contributed by atoms with van der Waals surface area (Å²) in [7, 11) is -4.00. The van der Waals surface area contributed by atoms with E-state index in [1.54, 1.807) is 36.4 Å². The monoisotopic (exact) mass is 572 g/mol. The molecule has 0 amide bonds. The van der Waals surface area contributed by atoms with Crippen molar-refractivity contribution < 1.29 is 13.2 Å². The van der Waals surface area contributed by atoms with Crippen molar-refractivity contribution in [3.05, 3.63) is 136 Å². The Kier molecular flexibility index (Phi) is 7.09. The highest BCUT2D eigenvalue weighted by Gasteiger charge is 2.55. The van der Waals surface area contributed by atoms with Gasteiger partial charge in [-0.1, -0.05) is 106 Å². The first-order valence-electron chi connectivity index (χ1n) is 11.9. The maximum absolute atomic E-state index is 13.7. The van der Waals surface area contributed by atoms with E-state index in [0.717, 1.165) is 21.2 Å². The Bertz CT molecular complexity index is 1540. The van der Waals surface area contributed by atoms with Gasteiger partial charge in [-0.2, -0.15) is 8.42 Å². The summed E-state index contributed by atoms with van der Waals surface area (Å²) < 4.78 is 32.0. The standard InChI is InChI=1S/C30H25BrN2O3S/c1-21-12-18-26(19-13-21)37(35,36)32-27(20-22-8-4-2-5-9-22)33-28(23-10-6-3-7-11-23)29(33)30(34)24-14-16-25(31)17-15-24/h2-19,28-29H,20H2,1H3/b32-27+/t28-,29+,33?/m1/s1. The van der Waals surface area contributed by atoms with Crippen LogP contribution in [0.4, 0.5) is 0 Å². The molecule has 0 unspecified atom stereocenters. The Hall–Kier alpha value is -3.55. The highest BCUT2D eigenvalue weighted by Crippen LogP contribution is 2.46. The van der Waals surface area contributed by atoms with Crippen molar-refractivity contribution in [1.82, 2.24) is 4.90 Å². The van der Waals surface area contributed by atoms with Crippen LogP contribution in [-0.2, 0) is 16.4 Å². The quantitative estimate of drug-likeness (QED) is 0.111. The predicted molar refractivity (Wildman–Crippen MR) is 149 cm³/mol. The number of hydrogen-bond acceptors (Lipinski definition) is 3. The fraction of sp³-hybridized carbons (Fsp3) is 0.133. The number of rotatable bonds is 7. The van der Waals surface area contributed by atoms with Gasteiger partial charge in [0.15, 0.2) is 5.78 Å². The third-order valence-electron chi connectivity index (χ3n) is 6.39.